The van der Waals surface area contributed by atoms with Crippen LogP contribution in [0.15, 0.2) is 23.8 Å². The Labute approximate surface area is 44.4 Å². The maximum absolute atomic E-state index is 3.09. The van der Waals surface area contributed by atoms with Gasteiger partial charge in [-0.15, -0.1) is 0 Å². The molecule has 1 rings (SSSR count). The lowest BCUT2D eigenvalue weighted by atomic mass is 9.91. The maximum Gasteiger partial charge on any atom is 0.259 e. The zero-order chi connectivity index (χ0) is 5.11. The fraction of sp³-hybridized carbons (Fsp3) is 0.200. The minimum atomic E-state index is 0.983. The summed E-state index contributed by atoms with van der Waals surface area (Å²) in [4.78, 5) is 0. The summed E-state index contributed by atoms with van der Waals surface area (Å²) in [5.74, 6) is 2.11. The Hall–Kier alpha value is -0.655. The van der Waals surface area contributed by atoms with Crippen molar-refractivity contribution in [1.29, 1.82) is 0 Å². The molecule has 1 aliphatic heterocycles. The largest absolute Gasteiger partial charge is 0.433 e. The van der Waals surface area contributed by atoms with Gasteiger partial charge in [0, 0.05) is 0 Å². The minimum absolute atomic E-state index is 0.983. The first-order valence-electron chi connectivity index (χ1n) is 2.46. The summed E-state index contributed by atoms with van der Waals surface area (Å²) >= 11 is 0. The normalized spacial score (nSPS) is 17.0. The highest BCUT2D eigenvalue weighted by molar-refractivity contribution is 6.39. The van der Waals surface area contributed by atoms with Gasteiger partial charge in [-0.3, -0.25) is 0 Å². The van der Waals surface area contributed by atoms with E-state index in [1.165, 1.54) is 5.57 Å². The summed E-state index contributed by atoms with van der Waals surface area (Å²) < 4.78 is 0. The maximum atomic E-state index is 3.09. The average Bonchev–Trinajstić information content (AvgIpc) is 1.69. The van der Waals surface area contributed by atoms with Crippen LogP contribution in [0.1, 0.15) is 6.92 Å². The standard InChI is InChI=1S/C5H8BN/c1-5-2-3-6-7-4-5/h2-4,6-7H,1H3. The van der Waals surface area contributed by atoms with Crippen molar-refractivity contribution in [3.05, 3.63) is 23.8 Å². The lowest BCUT2D eigenvalue weighted by Gasteiger charge is -1.99. The predicted molar refractivity (Wildman–Crippen MR) is 33.2 cm³/mol. The van der Waals surface area contributed by atoms with Gasteiger partial charge in [0.05, 0.1) is 0 Å². The number of nitrogens with one attached hydrogen (secondary N) is 1. The van der Waals surface area contributed by atoms with Gasteiger partial charge >= 0.3 is 0 Å². The molecule has 0 radical (unpaired) electrons. The van der Waals surface area contributed by atoms with E-state index in [2.05, 4.69) is 24.2 Å². The van der Waals surface area contributed by atoms with Gasteiger partial charge in [-0.1, -0.05) is 12.1 Å². The van der Waals surface area contributed by atoms with Gasteiger partial charge in [-0.2, -0.15) is 0 Å². The van der Waals surface area contributed by atoms with E-state index in [9.17, 15) is 0 Å². The van der Waals surface area contributed by atoms with Crippen LogP contribution in [0.3, 0.4) is 0 Å². The van der Waals surface area contributed by atoms with Crippen LogP contribution < -0.4 is 5.23 Å². The van der Waals surface area contributed by atoms with Crippen LogP contribution in [0, 0.1) is 0 Å². The minimum Gasteiger partial charge on any atom is -0.433 e. The quantitative estimate of drug-likeness (QED) is 0.426. The first-order chi connectivity index (χ1) is 3.39. The van der Waals surface area contributed by atoms with E-state index >= 15 is 0 Å². The molecule has 0 saturated carbocycles. The molecule has 1 nitrogen and oxygen atoms in total. The van der Waals surface area contributed by atoms with E-state index in [-0.39, 0.29) is 0 Å². The van der Waals surface area contributed by atoms with E-state index in [0.717, 1.165) is 7.41 Å². The monoisotopic (exact) mass is 93.1 g/mol. The number of rotatable bonds is 0. The zero-order valence-corrected chi connectivity index (χ0v) is 4.44. The third kappa shape index (κ3) is 1.11. The third-order valence-corrected chi connectivity index (χ3v) is 0.946. The Morgan fingerprint density at radius 1 is 1.71 bits per heavy atom. The van der Waals surface area contributed by atoms with Crippen molar-refractivity contribution in [2.24, 2.45) is 0 Å². The van der Waals surface area contributed by atoms with Gasteiger partial charge in [0.25, 0.3) is 7.41 Å². The molecular weight excluding hydrogens is 84.9 g/mol. The van der Waals surface area contributed by atoms with Gasteiger partial charge in [0.1, 0.15) is 0 Å². The molecule has 0 unspecified atom stereocenters. The van der Waals surface area contributed by atoms with Crippen molar-refractivity contribution < 1.29 is 0 Å². The molecule has 1 N–H and O–H groups in total. The predicted octanol–water partition coefficient (Wildman–Crippen LogP) is 0.359. The van der Waals surface area contributed by atoms with E-state index in [1.54, 1.807) is 0 Å². The van der Waals surface area contributed by atoms with Crippen LogP contribution >= 0.6 is 0 Å². The molecule has 0 aromatic carbocycles. The second-order valence-corrected chi connectivity index (χ2v) is 1.70. The SMILES string of the molecule is CC1=CNBC=C1. The summed E-state index contributed by atoms with van der Waals surface area (Å²) in [6.07, 6.45) is 4.12. The smallest absolute Gasteiger partial charge is 0.259 e. The Balaban J connectivity index is 2.58. The number of hydrogen-bond acceptors (Lipinski definition) is 1. The average molecular weight is 92.9 g/mol. The van der Waals surface area contributed by atoms with Crippen LogP contribution in [-0.2, 0) is 0 Å². The van der Waals surface area contributed by atoms with Crippen molar-refractivity contribution in [3.8, 4) is 0 Å². The van der Waals surface area contributed by atoms with Crippen LogP contribution in [0.2, 0.25) is 0 Å². The molecule has 0 fully saturated rings. The topological polar surface area (TPSA) is 12.0 Å². The third-order valence-electron chi connectivity index (χ3n) is 0.946. The van der Waals surface area contributed by atoms with E-state index in [0.29, 0.717) is 0 Å². The number of allylic oxidation sites excluding steroid dienone is 2. The lowest BCUT2D eigenvalue weighted by molar-refractivity contribution is 1.29. The molecule has 0 bridgehead atoms. The van der Waals surface area contributed by atoms with E-state index < -0.39 is 0 Å². The summed E-state index contributed by atoms with van der Waals surface area (Å²) in [7, 11) is 0.983. The summed E-state index contributed by atoms with van der Waals surface area (Å²) in [5, 5.41) is 3.09. The number of hydrogen-bond donors (Lipinski definition) is 1. The summed E-state index contributed by atoms with van der Waals surface area (Å²) in [6.45, 7) is 2.07. The van der Waals surface area contributed by atoms with Crippen molar-refractivity contribution >= 4 is 7.41 Å². The highest BCUT2D eigenvalue weighted by atomic mass is 14.7. The van der Waals surface area contributed by atoms with Gasteiger partial charge in [0.2, 0.25) is 0 Å². The molecule has 0 spiro atoms. The summed E-state index contributed by atoms with van der Waals surface area (Å²) in [6, 6.07) is 0. The molecule has 1 aliphatic rings. The Morgan fingerprint density at radius 2 is 2.57 bits per heavy atom. The first-order valence-corrected chi connectivity index (χ1v) is 2.46. The van der Waals surface area contributed by atoms with Gasteiger partial charge < -0.3 is 5.23 Å². The van der Waals surface area contributed by atoms with Crippen LogP contribution in [0.5, 0.6) is 0 Å². The summed E-state index contributed by atoms with van der Waals surface area (Å²) in [5.41, 5.74) is 1.30. The molecule has 0 aromatic heterocycles. The molecular formula is C5H8BN. The van der Waals surface area contributed by atoms with E-state index in [1.807, 2.05) is 6.20 Å². The first kappa shape index (κ1) is 4.50. The van der Waals surface area contributed by atoms with Crippen molar-refractivity contribution in [1.82, 2.24) is 5.23 Å². The molecule has 0 atom stereocenters. The zero-order valence-electron chi connectivity index (χ0n) is 4.44. The Bertz CT molecular complexity index is 115. The molecule has 0 amide bonds. The Kier molecular flexibility index (Phi) is 1.20. The fourth-order valence-corrected chi connectivity index (χ4v) is 0.581. The second kappa shape index (κ2) is 1.87. The molecule has 0 saturated heterocycles. The van der Waals surface area contributed by atoms with Crippen LogP contribution in [0.25, 0.3) is 0 Å². The van der Waals surface area contributed by atoms with Crippen LogP contribution in [0.4, 0.5) is 0 Å². The van der Waals surface area contributed by atoms with Gasteiger partial charge in [0.15, 0.2) is 0 Å². The lowest BCUT2D eigenvalue weighted by Crippen LogP contribution is -2.12. The second-order valence-electron chi connectivity index (χ2n) is 1.70. The molecule has 2 heteroatoms. The highest BCUT2D eigenvalue weighted by Gasteiger charge is 1.86. The van der Waals surface area contributed by atoms with Crippen molar-refractivity contribution in [2.75, 3.05) is 0 Å². The molecule has 0 aromatic rings. The van der Waals surface area contributed by atoms with E-state index in [4.69, 9.17) is 0 Å². The Morgan fingerprint density at radius 3 is 2.86 bits per heavy atom. The van der Waals surface area contributed by atoms with Crippen LogP contribution in [-0.4, -0.2) is 7.41 Å². The fourth-order valence-electron chi connectivity index (χ4n) is 0.581. The highest BCUT2D eigenvalue weighted by Crippen LogP contribution is 1.93. The van der Waals surface area contributed by atoms with Crippen molar-refractivity contribution in [3.63, 3.8) is 0 Å². The van der Waals surface area contributed by atoms with Gasteiger partial charge in [-0.05, 0) is 18.7 Å². The molecule has 1 heterocycles. The molecule has 7 heavy (non-hydrogen) atoms. The molecule has 0 aliphatic carbocycles. The molecule has 36 valence electrons. The van der Waals surface area contributed by atoms with Gasteiger partial charge in [-0.25, -0.2) is 0 Å². The van der Waals surface area contributed by atoms with Crippen molar-refractivity contribution in [2.45, 2.75) is 6.92 Å².